The zero-order valence-corrected chi connectivity index (χ0v) is 17.7. The summed E-state index contributed by atoms with van der Waals surface area (Å²) in [5.41, 5.74) is 2.40. The Balaban J connectivity index is 1.38. The van der Waals surface area contributed by atoms with Gasteiger partial charge in [-0.3, -0.25) is 0 Å². The van der Waals surface area contributed by atoms with E-state index in [1.807, 2.05) is 24.3 Å². The van der Waals surface area contributed by atoms with Crippen molar-refractivity contribution in [1.82, 2.24) is 0 Å². The van der Waals surface area contributed by atoms with Gasteiger partial charge in [0.1, 0.15) is 0 Å². The van der Waals surface area contributed by atoms with Crippen LogP contribution in [-0.2, 0) is 0 Å². The minimum Gasteiger partial charge on any atom is -0.239 e. The topological polar surface area (TPSA) is 0 Å². The summed E-state index contributed by atoms with van der Waals surface area (Å²) in [5.74, 6) is 0.291. The van der Waals surface area contributed by atoms with E-state index in [0.29, 0.717) is 27.9 Å². The molecule has 0 amide bonds. The average molecular weight is 429 g/mol. The van der Waals surface area contributed by atoms with Crippen LogP contribution in [0.2, 0.25) is 0 Å². The lowest BCUT2D eigenvalue weighted by Gasteiger charge is -2.32. The lowest BCUT2D eigenvalue weighted by atomic mass is 9.75. The molecule has 1 saturated carbocycles. The highest BCUT2D eigenvalue weighted by atomic mass is 19.2. The molecule has 0 aromatic heterocycles. The van der Waals surface area contributed by atoms with Gasteiger partial charge in [0.15, 0.2) is 24.7 Å². The molecule has 3 aliphatic carbocycles. The Kier molecular flexibility index (Phi) is 6.64. The second-order valence-electron chi connectivity index (χ2n) is 8.81. The molecule has 1 fully saturated rings. The number of hydrogen-bond donors (Lipinski definition) is 0. The van der Waals surface area contributed by atoms with Gasteiger partial charge in [-0.25, -0.2) is 17.6 Å². The van der Waals surface area contributed by atoms with Gasteiger partial charge in [-0.05, 0) is 72.3 Å². The van der Waals surface area contributed by atoms with Gasteiger partial charge in [-0.2, -0.15) is 0 Å². The highest BCUT2D eigenvalue weighted by Crippen LogP contribution is 2.40. The van der Waals surface area contributed by atoms with Crippen molar-refractivity contribution in [2.45, 2.75) is 57.3 Å². The standard InChI is InChI=1S/C27H28F4/c1-17-7-15-22(26(30)24(17)28)20-11-8-18(9-12-20)10-13-21-14-16-23(27(31)25(21)29)19-5-3-2-4-6-19/h2-7,10,13-16,18,20,24-27H,8-9,11-12H2,1H3/b13-10+. The largest absolute Gasteiger partial charge is 0.239 e. The van der Waals surface area contributed by atoms with E-state index in [0.717, 1.165) is 25.7 Å². The molecule has 0 spiro atoms. The van der Waals surface area contributed by atoms with Gasteiger partial charge in [0.2, 0.25) is 0 Å². The minimum atomic E-state index is -1.69. The fourth-order valence-electron chi connectivity index (χ4n) is 4.79. The van der Waals surface area contributed by atoms with Crippen molar-refractivity contribution in [1.29, 1.82) is 0 Å². The maximum absolute atomic E-state index is 14.7. The lowest BCUT2D eigenvalue weighted by Crippen LogP contribution is -2.29. The van der Waals surface area contributed by atoms with Crippen LogP contribution in [0.15, 0.2) is 83.5 Å². The molecule has 0 bridgehead atoms. The molecule has 4 atom stereocenters. The molecule has 164 valence electrons. The first-order valence-electron chi connectivity index (χ1n) is 11.1. The molecule has 4 heteroatoms. The number of halogens is 4. The van der Waals surface area contributed by atoms with Crippen LogP contribution in [-0.4, -0.2) is 24.7 Å². The summed E-state index contributed by atoms with van der Waals surface area (Å²) in [5, 5.41) is 0. The van der Waals surface area contributed by atoms with Crippen LogP contribution in [0, 0.1) is 11.8 Å². The fourth-order valence-corrected chi connectivity index (χ4v) is 4.79. The highest BCUT2D eigenvalue weighted by molar-refractivity contribution is 5.73. The van der Waals surface area contributed by atoms with E-state index in [2.05, 4.69) is 0 Å². The third kappa shape index (κ3) is 4.63. The van der Waals surface area contributed by atoms with Gasteiger partial charge in [0.25, 0.3) is 0 Å². The molecular formula is C27H28F4. The minimum absolute atomic E-state index is 0.0525. The quantitative estimate of drug-likeness (QED) is 0.433. The van der Waals surface area contributed by atoms with Crippen LogP contribution in [0.5, 0.6) is 0 Å². The molecule has 0 radical (unpaired) electrons. The Morgan fingerprint density at radius 2 is 1.45 bits per heavy atom. The van der Waals surface area contributed by atoms with E-state index in [1.165, 1.54) is 0 Å². The fraction of sp³-hybridized carbons (Fsp3) is 0.407. The average Bonchev–Trinajstić information content (AvgIpc) is 2.80. The molecule has 1 aromatic rings. The summed E-state index contributed by atoms with van der Waals surface area (Å²) >= 11 is 0. The summed E-state index contributed by atoms with van der Waals surface area (Å²) in [6, 6.07) is 9.03. The predicted molar refractivity (Wildman–Crippen MR) is 119 cm³/mol. The van der Waals surface area contributed by atoms with Crippen molar-refractivity contribution in [3.63, 3.8) is 0 Å². The summed E-state index contributed by atoms with van der Waals surface area (Å²) in [7, 11) is 0. The van der Waals surface area contributed by atoms with Crippen LogP contribution in [0.1, 0.15) is 38.2 Å². The van der Waals surface area contributed by atoms with Crippen molar-refractivity contribution in [3.05, 3.63) is 89.1 Å². The summed E-state index contributed by atoms with van der Waals surface area (Å²) in [4.78, 5) is 0. The Labute approximate surface area is 181 Å². The van der Waals surface area contributed by atoms with Gasteiger partial charge in [0, 0.05) is 0 Å². The number of hydrogen-bond acceptors (Lipinski definition) is 0. The van der Waals surface area contributed by atoms with Gasteiger partial charge in [-0.15, -0.1) is 0 Å². The van der Waals surface area contributed by atoms with E-state index >= 15 is 0 Å². The van der Waals surface area contributed by atoms with Gasteiger partial charge in [-0.1, -0.05) is 66.8 Å². The van der Waals surface area contributed by atoms with E-state index in [-0.39, 0.29) is 11.8 Å². The van der Waals surface area contributed by atoms with E-state index < -0.39 is 24.7 Å². The summed E-state index contributed by atoms with van der Waals surface area (Å²) in [6.07, 6.45) is 7.15. The van der Waals surface area contributed by atoms with Crippen molar-refractivity contribution >= 4 is 5.57 Å². The number of allylic oxidation sites excluding steroid dienone is 10. The SMILES string of the molecule is CC1=CC=C(C2CCC(/C=C/C3=CC=C(c4ccccc4)C(F)C3F)CC2)C(F)C1F. The summed E-state index contributed by atoms with van der Waals surface area (Å²) in [6.45, 7) is 1.62. The molecule has 0 N–H and O–H groups in total. The Morgan fingerprint density at radius 3 is 2.16 bits per heavy atom. The van der Waals surface area contributed by atoms with Crippen LogP contribution >= 0.6 is 0 Å². The van der Waals surface area contributed by atoms with Crippen molar-refractivity contribution < 1.29 is 17.6 Å². The number of benzene rings is 1. The maximum atomic E-state index is 14.7. The van der Waals surface area contributed by atoms with Crippen LogP contribution in [0.25, 0.3) is 5.57 Å². The van der Waals surface area contributed by atoms with Crippen molar-refractivity contribution in [3.8, 4) is 0 Å². The number of rotatable bonds is 4. The Bertz CT molecular complexity index is 929. The molecule has 1 aromatic carbocycles. The molecule has 0 aliphatic heterocycles. The monoisotopic (exact) mass is 428 g/mol. The van der Waals surface area contributed by atoms with Gasteiger partial charge < -0.3 is 0 Å². The molecule has 0 nitrogen and oxygen atoms in total. The lowest BCUT2D eigenvalue weighted by molar-refractivity contribution is 0.197. The zero-order chi connectivity index (χ0) is 22.0. The normalized spacial score (nSPS) is 34.1. The first-order chi connectivity index (χ1) is 15.0. The first-order valence-corrected chi connectivity index (χ1v) is 11.1. The molecule has 0 saturated heterocycles. The second kappa shape index (κ2) is 9.42. The third-order valence-electron chi connectivity index (χ3n) is 6.79. The Morgan fingerprint density at radius 1 is 0.742 bits per heavy atom. The van der Waals surface area contributed by atoms with Crippen LogP contribution in [0.3, 0.4) is 0 Å². The van der Waals surface area contributed by atoms with Crippen molar-refractivity contribution in [2.24, 2.45) is 11.8 Å². The highest BCUT2D eigenvalue weighted by Gasteiger charge is 2.34. The van der Waals surface area contributed by atoms with Crippen LogP contribution < -0.4 is 0 Å². The Hall–Kier alpha value is -2.36. The molecule has 31 heavy (non-hydrogen) atoms. The smallest absolute Gasteiger partial charge is 0.161 e. The number of alkyl halides is 4. The second-order valence-corrected chi connectivity index (χ2v) is 8.81. The van der Waals surface area contributed by atoms with Crippen molar-refractivity contribution in [2.75, 3.05) is 0 Å². The van der Waals surface area contributed by atoms with E-state index in [4.69, 9.17) is 0 Å². The molecule has 0 heterocycles. The summed E-state index contributed by atoms with van der Waals surface area (Å²) < 4.78 is 57.8. The molecule has 4 unspecified atom stereocenters. The van der Waals surface area contributed by atoms with Crippen LogP contribution in [0.4, 0.5) is 17.6 Å². The van der Waals surface area contributed by atoms with E-state index in [1.54, 1.807) is 49.4 Å². The van der Waals surface area contributed by atoms with Gasteiger partial charge in [0.05, 0.1) is 0 Å². The third-order valence-corrected chi connectivity index (χ3v) is 6.79. The predicted octanol–water partition coefficient (Wildman–Crippen LogP) is 7.61. The molecule has 4 rings (SSSR count). The van der Waals surface area contributed by atoms with Gasteiger partial charge >= 0.3 is 0 Å². The maximum Gasteiger partial charge on any atom is 0.161 e. The zero-order valence-electron chi connectivity index (χ0n) is 17.7. The molecule has 3 aliphatic rings. The molecular weight excluding hydrogens is 400 g/mol. The van der Waals surface area contributed by atoms with E-state index in [9.17, 15) is 17.6 Å². The first kappa shape index (κ1) is 21.9.